The van der Waals surface area contributed by atoms with Crippen LogP contribution in [-0.4, -0.2) is 19.9 Å². The molecule has 0 aliphatic heterocycles. The third-order valence-corrected chi connectivity index (χ3v) is 6.15. The molecule has 0 bridgehead atoms. The molecule has 1 aromatic heterocycles. The van der Waals surface area contributed by atoms with E-state index in [1.54, 1.807) is 24.3 Å². The van der Waals surface area contributed by atoms with Crippen molar-refractivity contribution < 1.29 is 12.8 Å². The predicted molar refractivity (Wildman–Crippen MR) is 110 cm³/mol. The maximum absolute atomic E-state index is 13.1. The van der Waals surface area contributed by atoms with Crippen LogP contribution in [0.1, 0.15) is 19.4 Å². The van der Waals surface area contributed by atoms with Crippen molar-refractivity contribution in [1.29, 1.82) is 0 Å². The van der Waals surface area contributed by atoms with Crippen molar-refractivity contribution >= 4 is 31.7 Å². The largest absolute Gasteiger partial charge is 0.419 e. The fraction of sp³-hybridized carbons (Fsp3) is 0.250. The highest BCUT2D eigenvalue weighted by atomic mass is 79.9. The van der Waals surface area contributed by atoms with E-state index in [0.717, 1.165) is 15.6 Å². The van der Waals surface area contributed by atoms with Gasteiger partial charge in [-0.25, -0.2) is 8.42 Å². The van der Waals surface area contributed by atoms with E-state index in [1.165, 1.54) is 0 Å². The van der Waals surface area contributed by atoms with Gasteiger partial charge < -0.3 is 9.73 Å². The number of sulfone groups is 1. The summed E-state index contributed by atoms with van der Waals surface area (Å²) in [6.07, 6.45) is 0. The number of nitrogens with zero attached hydrogens (tertiary/aromatic N) is 1. The Labute approximate surface area is 167 Å². The summed E-state index contributed by atoms with van der Waals surface area (Å²) in [7, 11) is -3.82. The monoisotopic (exact) mass is 448 g/mol. The first-order valence-electron chi connectivity index (χ1n) is 8.60. The summed E-state index contributed by atoms with van der Waals surface area (Å²) in [5.74, 6) is 0.764. The second kappa shape index (κ2) is 7.86. The van der Waals surface area contributed by atoms with Crippen LogP contribution in [0.4, 0.5) is 5.88 Å². The van der Waals surface area contributed by atoms with Crippen LogP contribution in [-0.2, 0) is 9.84 Å². The molecule has 27 heavy (non-hydrogen) atoms. The van der Waals surface area contributed by atoms with Gasteiger partial charge in [-0.15, -0.1) is 0 Å². The van der Waals surface area contributed by atoms with E-state index in [-0.39, 0.29) is 21.7 Å². The van der Waals surface area contributed by atoms with Crippen LogP contribution in [0.15, 0.2) is 67.3 Å². The highest BCUT2D eigenvalue weighted by Gasteiger charge is 2.28. The molecule has 7 heteroatoms. The van der Waals surface area contributed by atoms with Gasteiger partial charge in [0.25, 0.3) is 0 Å². The third-order valence-electron chi connectivity index (χ3n) is 3.94. The molecule has 0 amide bonds. The molecular weight excluding hydrogens is 428 g/mol. The van der Waals surface area contributed by atoms with Crippen LogP contribution in [0.5, 0.6) is 0 Å². The number of hydrogen-bond donors (Lipinski definition) is 1. The van der Waals surface area contributed by atoms with Crippen LogP contribution >= 0.6 is 15.9 Å². The molecule has 1 heterocycles. The number of aryl methyl sites for hydroxylation is 1. The van der Waals surface area contributed by atoms with Gasteiger partial charge in [-0.05, 0) is 49.2 Å². The SMILES string of the molecule is Cc1ccc(-c2nc(S(=O)(=O)c3ccc(Br)cc3)c(NCC(C)C)o2)cc1. The normalized spacial score (nSPS) is 11.7. The molecule has 142 valence electrons. The summed E-state index contributed by atoms with van der Waals surface area (Å²) in [6, 6.07) is 14.1. The van der Waals surface area contributed by atoms with Crippen molar-refractivity contribution in [2.45, 2.75) is 30.7 Å². The maximum atomic E-state index is 13.1. The number of oxazole rings is 1. The first-order valence-corrected chi connectivity index (χ1v) is 10.9. The fourth-order valence-electron chi connectivity index (χ4n) is 2.44. The summed E-state index contributed by atoms with van der Waals surface area (Å²) in [5.41, 5.74) is 1.83. The molecule has 2 aromatic carbocycles. The molecule has 1 N–H and O–H groups in total. The zero-order valence-corrected chi connectivity index (χ0v) is 17.8. The smallest absolute Gasteiger partial charge is 0.233 e. The molecule has 0 radical (unpaired) electrons. The number of hydrogen-bond acceptors (Lipinski definition) is 5. The second-order valence-corrected chi connectivity index (χ2v) is 9.53. The molecule has 0 fully saturated rings. The summed E-state index contributed by atoms with van der Waals surface area (Å²) >= 11 is 3.32. The minimum absolute atomic E-state index is 0.0963. The molecule has 5 nitrogen and oxygen atoms in total. The van der Waals surface area contributed by atoms with E-state index >= 15 is 0 Å². The van der Waals surface area contributed by atoms with Gasteiger partial charge in [-0.2, -0.15) is 4.98 Å². The lowest BCUT2D eigenvalue weighted by Crippen LogP contribution is -2.11. The van der Waals surface area contributed by atoms with Crippen LogP contribution < -0.4 is 5.32 Å². The predicted octanol–water partition coefficient (Wildman–Crippen LogP) is 5.31. The van der Waals surface area contributed by atoms with Crippen molar-refractivity contribution in [2.75, 3.05) is 11.9 Å². The van der Waals surface area contributed by atoms with Gasteiger partial charge >= 0.3 is 0 Å². The van der Waals surface area contributed by atoms with E-state index in [2.05, 4.69) is 26.2 Å². The Bertz CT molecular complexity index is 1020. The van der Waals surface area contributed by atoms with E-state index in [0.29, 0.717) is 12.5 Å². The summed E-state index contributed by atoms with van der Waals surface area (Å²) in [4.78, 5) is 4.50. The van der Waals surface area contributed by atoms with Gasteiger partial charge in [-0.1, -0.05) is 47.5 Å². The zero-order valence-electron chi connectivity index (χ0n) is 15.4. The lowest BCUT2D eigenvalue weighted by Gasteiger charge is -2.08. The van der Waals surface area contributed by atoms with Gasteiger partial charge in [0.2, 0.25) is 26.6 Å². The van der Waals surface area contributed by atoms with Gasteiger partial charge in [0, 0.05) is 16.6 Å². The number of anilines is 1. The van der Waals surface area contributed by atoms with Gasteiger partial charge in [0.1, 0.15) is 0 Å². The summed E-state index contributed by atoms with van der Waals surface area (Å²) in [5, 5.41) is 2.99. The lowest BCUT2D eigenvalue weighted by molar-refractivity contribution is 0.567. The van der Waals surface area contributed by atoms with E-state index in [9.17, 15) is 8.42 Å². The Morgan fingerprint density at radius 3 is 2.30 bits per heavy atom. The average molecular weight is 449 g/mol. The van der Waals surface area contributed by atoms with Crippen molar-refractivity contribution in [3.8, 4) is 11.5 Å². The Morgan fingerprint density at radius 1 is 1.07 bits per heavy atom. The average Bonchev–Trinajstić information content (AvgIpc) is 3.06. The van der Waals surface area contributed by atoms with E-state index in [1.807, 2.05) is 45.0 Å². The number of nitrogens with one attached hydrogen (secondary N) is 1. The summed E-state index contributed by atoms with van der Waals surface area (Å²) in [6.45, 7) is 6.63. The third kappa shape index (κ3) is 4.42. The van der Waals surface area contributed by atoms with Crippen LogP contribution in [0, 0.1) is 12.8 Å². The molecular formula is C20H21BrN2O3S. The van der Waals surface area contributed by atoms with Gasteiger partial charge in [0.05, 0.1) is 4.90 Å². The van der Waals surface area contributed by atoms with Crippen molar-refractivity contribution in [2.24, 2.45) is 5.92 Å². The highest BCUT2D eigenvalue weighted by Crippen LogP contribution is 2.33. The minimum Gasteiger partial charge on any atom is -0.419 e. The van der Waals surface area contributed by atoms with Crippen molar-refractivity contribution in [3.05, 3.63) is 58.6 Å². The Kier molecular flexibility index (Phi) is 5.72. The Balaban J connectivity index is 2.08. The number of benzene rings is 2. The Hall–Kier alpha value is -2.12. The second-order valence-electron chi connectivity index (χ2n) is 6.75. The molecule has 0 atom stereocenters. The van der Waals surface area contributed by atoms with E-state index < -0.39 is 9.84 Å². The first kappa shape index (κ1) is 19.6. The summed E-state index contributed by atoms with van der Waals surface area (Å²) < 4.78 is 32.9. The zero-order chi connectivity index (χ0) is 19.6. The molecule has 0 aliphatic carbocycles. The first-order chi connectivity index (χ1) is 12.8. The molecule has 0 saturated carbocycles. The topological polar surface area (TPSA) is 72.2 Å². The minimum atomic E-state index is -3.82. The standard InChI is InChI=1S/C20H21BrN2O3S/c1-13(2)12-22-19-20(27(24,25)17-10-8-16(21)9-11-17)23-18(26-19)15-6-4-14(3)5-7-15/h4-11,13,22H,12H2,1-3H3. The molecule has 0 unspecified atom stereocenters. The van der Waals surface area contributed by atoms with E-state index in [4.69, 9.17) is 4.42 Å². The van der Waals surface area contributed by atoms with Crippen LogP contribution in [0.3, 0.4) is 0 Å². The lowest BCUT2D eigenvalue weighted by atomic mass is 10.1. The number of halogens is 1. The van der Waals surface area contributed by atoms with Crippen molar-refractivity contribution in [3.63, 3.8) is 0 Å². The molecule has 3 rings (SSSR count). The van der Waals surface area contributed by atoms with Crippen LogP contribution in [0.25, 0.3) is 11.5 Å². The molecule has 0 spiro atoms. The van der Waals surface area contributed by atoms with Crippen LogP contribution in [0.2, 0.25) is 0 Å². The highest BCUT2D eigenvalue weighted by molar-refractivity contribution is 9.10. The van der Waals surface area contributed by atoms with Gasteiger partial charge in [-0.3, -0.25) is 0 Å². The van der Waals surface area contributed by atoms with Gasteiger partial charge in [0.15, 0.2) is 0 Å². The molecule has 0 aliphatic rings. The molecule has 3 aromatic rings. The number of rotatable bonds is 6. The maximum Gasteiger partial charge on any atom is 0.233 e. The Morgan fingerprint density at radius 2 is 1.70 bits per heavy atom. The van der Waals surface area contributed by atoms with Crippen molar-refractivity contribution in [1.82, 2.24) is 4.98 Å². The fourth-order valence-corrected chi connectivity index (χ4v) is 3.98. The quantitative estimate of drug-likeness (QED) is 0.552. The molecule has 0 saturated heterocycles. The number of aromatic nitrogens is 1.